The zero-order valence-corrected chi connectivity index (χ0v) is 9.33. The lowest BCUT2D eigenvalue weighted by molar-refractivity contribution is -0.139. The molecule has 0 aromatic heterocycles. The highest BCUT2D eigenvalue weighted by atomic mass is 16.4. The maximum atomic E-state index is 11.7. The second kappa shape index (κ2) is 5.87. The Morgan fingerprint density at radius 2 is 1.72 bits per heavy atom. The fourth-order valence-electron chi connectivity index (χ4n) is 1.35. The number of aliphatic hydroxyl groups excluding tert-OH is 1. The second-order valence-electron chi connectivity index (χ2n) is 3.61. The summed E-state index contributed by atoms with van der Waals surface area (Å²) in [5.41, 5.74) is -0.0725. The zero-order valence-electron chi connectivity index (χ0n) is 9.33. The van der Waals surface area contributed by atoms with Gasteiger partial charge in [-0.15, -0.1) is 0 Å². The molecule has 5 N–H and O–H groups in total. The van der Waals surface area contributed by atoms with Crippen LogP contribution in [0.4, 0.5) is 0 Å². The fourth-order valence-corrected chi connectivity index (χ4v) is 1.35. The molecule has 0 unspecified atom stereocenters. The van der Waals surface area contributed by atoms with Crippen molar-refractivity contribution >= 4 is 11.9 Å². The molecule has 0 aliphatic rings. The van der Waals surface area contributed by atoms with Gasteiger partial charge in [-0.1, -0.05) is 0 Å². The van der Waals surface area contributed by atoms with Gasteiger partial charge >= 0.3 is 5.97 Å². The van der Waals surface area contributed by atoms with Gasteiger partial charge in [-0.25, -0.2) is 4.79 Å². The summed E-state index contributed by atoms with van der Waals surface area (Å²) in [6.45, 7) is -0.386. The molecule has 0 aliphatic heterocycles. The summed E-state index contributed by atoms with van der Waals surface area (Å²) in [7, 11) is 0. The zero-order chi connectivity index (χ0) is 13.7. The quantitative estimate of drug-likeness (QED) is 0.490. The highest BCUT2D eigenvalue weighted by Gasteiger charge is 2.20. The van der Waals surface area contributed by atoms with Crippen LogP contribution in [0.25, 0.3) is 0 Å². The molecule has 7 heteroatoms. The monoisotopic (exact) mass is 255 g/mol. The Morgan fingerprint density at radius 3 is 2.17 bits per heavy atom. The molecule has 0 bridgehead atoms. The Morgan fingerprint density at radius 1 is 1.17 bits per heavy atom. The molecule has 0 heterocycles. The standard InChI is InChI=1S/C11H13NO6/c13-2-1-9(11(17)18)12-10(16)6-3-7(14)5-8(15)4-6/h3-5,9,13-15H,1-2H2,(H,12,16)(H,17,18)/t9-/m0/s1. The summed E-state index contributed by atoms with van der Waals surface area (Å²) < 4.78 is 0. The molecular weight excluding hydrogens is 242 g/mol. The van der Waals surface area contributed by atoms with Gasteiger partial charge in [0.15, 0.2) is 0 Å². The Kier molecular flexibility index (Phi) is 4.50. The fraction of sp³-hybridized carbons (Fsp3) is 0.273. The number of carboxylic acids is 1. The number of carboxylic acid groups (broad SMARTS) is 1. The molecule has 0 aliphatic carbocycles. The van der Waals surface area contributed by atoms with E-state index in [0.29, 0.717) is 0 Å². The van der Waals surface area contributed by atoms with E-state index < -0.39 is 17.9 Å². The molecule has 1 aromatic carbocycles. The van der Waals surface area contributed by atoms with E-state index in [-0.39, 0.29) is 30.1 Å². The average molecular weight is 255 g/mol. The molecule has 7 nitrogen and oxygen atoms in total. The van der Waals surface area contributed by atoms with E-state index in [1.54, 1.807) is 0 Å². The van der Waals surface area contributed by atoms with Crippen LogP contribution in [0.5, 0.6) is 11.5 Å². The third kappa shape index (κ3) is 3.63. The predicted molar refractivity (Wildman–Crippen MR) is 60.4 cm³/mol. The topological polar surface area (TPSA) is 127 Å². The molecule has 0 fully saturated rings. The number of carbonyl (C=O) groups excluding carboxylic acids is 1. The van der Waals surface area contributed by atoms with Gasteiger partial charge in [0, 0.05) is 24.7 Å². The first-order chi connectivity index (χ1) is 8.43. The third-order valence-corrected chi connectivity index (χ3v) is 2.19. The van der Waals surface area contributed by atoms with Crippen molar-refractivity contribution < 1.29 is 30.0 Å². The maximum Gasteiger partial charge on any atom is 0.326 e. The molecular formula is C11H13NO6. The van der Waals surface area contributed by atoms with Crippen LogP contribution in [0.3, 0.4) is 0 Å². The van der Waals surface area contributed by atoms with E-state index in [4.69, 9.17) is 10.2 Å². The third-order valence-electron chi connectivity index (χ3n) is 2.19. The Balaban J connectivity index is 2.83. The van der Waals surface area contributed by atoms with Crippen molar-refractivity contribution in [3.05, 3.63) is 23.8 Å². The van der Waals surface area contributed by atoms with Gasteiger partial charge in [0.05, 0.1) is 0 Å². The van der Waals surface area contributed by atoms with E-state index in [1.165, 1.54) is 0 Å². The summed E-state index contributed by atoms with van der Waals surface area (Å²) in [4.78, 5) is 22.4. The van der Waals surface area contributed by atoms with E-state index in [9.17, 15) is 19.8 Å². The molecule has 1 aromatic rings. The van der Waals surface area contributed by atoms with Crippen LogP contribution < -0.4 is 5.32 Å². The van der Waals surface area contributed by atoms with Crippen LogP contribution in [0.2, 0.25) is 0 Å². The average Bonchev–Trinajstić information content (AvgIpc) is 2.26. The molecule has 1 rings (SSSR count). The Hall–Kier alpha value is -2.28. The number of phenols is 2. The number of aliphatic carboxylic acids is 1. The van der Waals surface area contributed by atoms with Crippen molar-refractivity contribution in [2.24, 2.45) is 0 Å². The molecule has 1 amide bonds. The summed E-state index contributed by atoms with van der Waals surface area (Å²) >= 11 is 0. The maximum absolute atomic E-state index is 11.7. The number of rotatable bonds is 5. The number of benzene rings is 1. The number of hydrogen-bond donors (Lipinski definition) is 5. The minimum absolute atomic E-state index is 0.0725. The summed E-state index contributed by atoms with van der Waals surface area (Å²) in [5.74, 6) is -2.66. The van der Waals surface area contributed by atoms with Crippen molar-refractivity contribution in [1.82, 2.24) is 5.32 Å². The lowest BCUT2D eigenvalue weighted by Gasteiger charge is -2.13. The van der Waals surface area contributed by atoms with E-state index in [0.717, 1.165) is 18.2 Å². The van der Waals surface area contributed by atoms with Gasteiger partial charge < -0.3 is 25.7 Å². The van der Waals surface area contributed by atoms with Crippen LogP contribution in [-0.2, 0) is 4.79 Å². The summed E-state index contributed by atoms with van der Waals surface area (Å²) in [6, 6.07) is 1.99. The predicted octanol–water partition coefficient (Wildman–Crippen LogP) is -0.337. The van der Waals surface area contributed by atoms with Crippen molar-refractivity contribution in [3.8, 4) is 11.5 Å². The number of carbonyl (C=O) groups is 2. The van der Waals surface area contributed by atoms with E-state index in [1.807, 2.05) is 0 Å². The van der Waals surface area contributed by atoms with Gasteiger partial charge in [-0.05, 0) is 12.1 Å². The number of aromatic hydroxyl groups is 2. The number of nitrogens with one attached hydrogen (secondary N) is 1. The molecule has 1 atom stereocenters. The highest BCUT2D eigenvalue weighted by molar-refractivity contribution is 5.97. The van der Waals surface area contributed by atoms with Gasteiger partial charge in [0.2, 0.25) is 0 Å². The minimum atomic E-state index is -1.28. The van der Waals surface area contributed by atoms with Gasteiger partial charge in [-0.3, -0.25) is 4.79 Å². The van der Waals surface area contributed by atoms with Gasteiger partial charge in [0.1, 0.15) is 17.5 Å². The van der Waals surface area contributed by atoms with Crippen LogP contribution >= 0.6 is 0 Å². The van der Waals surface area contributed by atoms with Crippen molar-refractivity contribution in [2.45, 2.75) is 12.5 Å². The number of hydrogen-bond acceptors (Lipinski definition) is 5. The van der Waals surface area contributed by atoms with Crippen molar-refractivity contribution in [2.75, 3.05) is 6.61 Å². The lowest BCUT2D eigenvalue weighted by Crippen LogP contribution is -2.41. The first kappa shape index (κ1) is 13.8. The molecule has 0 saturated carbocycles. The first-order valence-electron chi connectivity index (χ1n) is 5.11. The first-order valence-corrected chi connectivity index (χ1v) is 5.11. The Bertz CT molecular complexity index is 439. The Labute approximate surface area is 102 Å². The summed E-state index contributed by atoms with van der Waals surface area (Å²) in [6.07, 6.45) is -0.133. The van der Waals surface area contributed by atoms with Crippen LogP contribution in [0.1, 0.15) is 16.8 Å². The molecule has 18 heavy (non-hydrogen) atoms. The SMILES string of the molecule is O=C(N[C@@H](CCO)C(=O)O)c1cc(O)cc(O)c1. The van der Waals surface area contributed by atoms with E-state index >= 15 is 0 Å². The van der Waals surface area contributed by atoms with Gasteiger partial charge in [0.25, 0.3) is 5.91 Å². The molecule has 0 saturated heterocycles. The smallest absolute Gasteiger partial charge is 0.326 e. The summed E-state index contributed by atoms with van der Waals surface area (Å²) in [5, 5.41) is 38.0. The number of amides is 1. The molecule has 0 radical (unpaired) electrons. The largest absolute Gasteiger partial charge is 0.508 e. The second-order valence-corrected chi connectivity index (χ2v) is 3.61. The van der Waals surface area contributed by atoms with Crippen LogP contribution in [0.15, 0.2) is 18.2 Å². The lowest BCUT2D eigenvalue weighted by atomic mass is 10.1. The highest BCUT2D eigenvalue weighted by Crippen LogP contribution is 2.20. The van der Waals surface area contributed by atoms with Crippen LogP contribution in [0, 0.1) is 0 Å². The van der Waals surface area contributed by atoms with Crippen molar-refractivity contribution in [3.63, 3.8) is 0 Å². The number of aliphatic hydroxyl groups is 1. The van der Waals surface area contributed by atoms with Crippen LogP contribution in [-0.4, -0.2) is 45.0 Å². The minimum Gasteiger partial charge on any atom is -0.508 e. The normalized spacial score (nSPS) is 11.8. The number of phenolic OH excluding ortho intramolecular Hbond substituents is 2. The van der Waals surface area contributed by atoms with Crippen molar-refractivity contribution in [1.29, 1.82) is 0 Å². The molecule has 98 valence electrons. The molecule has 0 spiro atoms. The van der Waals surface area contributed by atoms with Gasteiger partial charge in [-0.2, -0.15) is 0 Å². The van der Waals surface area contributed by atoms with E-state index in [2.05, 4.69) is 5.32 Å².